The summed E-state index contributed by atoms with van der Waals surface area (Å²) in [5.74, 6) is 1.60. The molecule has 1 atom stereocenters. The standard InChI is InChI=1S/C14H22N2O/c15-14(12-6-9-16-10-7-12)8-11-17-13-4-2-1-3-5-13/h1-5,12,14,16H,6-11,15H2. The van der Waals surface area contributed by atoms with E-state index < -0.39 is 0 Å². The fourth-order valence-corrected chi connectivity index (χ4v) is 2.34. The van der Waals surface area contributed by atoms with Crippen LogP contribution in [-0.2, 0) is 0 Å². The number of para-hydroxylation sites is 1. The molecule has 1 aromatic carbocycles. The Bertz CT molecular complexity index is 309. The number of piperidine rings is 1. The SMILES string of the molecule is NC(CCOc1ccccc1)C1CCNCC1. The lowest BCUT2D eigenvalue weighted by atomic mass is 9.89. The fraction of sp³-hybridized carbons (Fsp3) is 0.571. The van der Waals surface area contributed by atoms with Gasteiger partial charge >= 0.3 is 0 Å². The van der Waals surface area contributed by atoms with E-state index in [0.717, 1.165) is 31.9 Å². The minimum atomic E-state index is 0.279. The average Bonchev–Trinajstić information content (AvgIpc) is 2.41. The van der Waals surface area contributed by atoms with Crippen molar-refractivity contribution < 1.29 is 4.74 Å². The van der Waals surface area contributed by atoms with Crippen molar-refractivity contribution in [1.82, 2.24) is 5.32 Å². The molecule has 94 valence electrons. The van der Waals surface area contributed by atoms with Gasteiger partial charge in [-0.25, -0.2) is 0 Å². The summed E-state index contributed by atoms with van der Waals surface area (Å²) in [6.07, 6.45) is 3.35. The Labute approximate surface area is 103 Å². The van der Waals surface area contributed by atoms with Crippen LogP contribution in [0.15, 0.2) is 30.3 Å². The van der Waals surface area contributed by atoms with Crippen molar-refractivity contribution in [3.8, 4) is 5.75 Å². The van der Waals surface area contributed by atoms with E-state index >= 15 is 0 Å². The van der Waals surface area contributed by atoms with Crippen molar-refractivity contribution in [2.45, 2.75) is 25.3 Å². The Balaban J connectivity index is 1.67. The molecule has 0 aromatic heterocycles. The highest BCUT2D eigenvalue weighted by molar-refractivity contribution is 5.20. The molecule has 17 heavy (non-hydrogen) atoms. The van der Waals surface area contributed by atoms with Crippen LogP contribution in [0.3, 0.4) is 0 Å². The number of rotatable bonds is 5. The first-order valence-electron chi connectivity index (χ1n) is 6.50. The first-order chi connectivity index (χ1) is 8.36. The van der Waals surface area contributed by atoms with Crippen LogP contribution in [0.25, 0.3) is 0 Å². The van der Waals surface area contributed by atoms with Crippen LogP contribution in [0.4, 0.5) is 0 Å². The van der Waals surface area contributed by atoms with Crippen molar-refractivity contribution in [1.29, 1.82) is 0 Å². The fourth-order valence-electron chi connectivity index (χ4n) is 2.34. The second-order valence-corrected chi connectivity index (χ2v) is 4.70. The monoisotopic (exact) mass is 234 g/mol. The van der Waals surface area contributed by atoms with E-state index in [1.165, 1.54) is 12.8 Å². The molecule has 3 N–H and O–H groups in total. The average molecular weight is 234 g/mol. The van der Waals surface area contributed by atoms with Gasteiger partial charge in [0.05, 0.1) is 6.61 Å². The quantitative estimate of drug-likeness (QED) is 0.816. The molecule has 0 saturated carbocycles. The molecule has 1 aromatic rings. The lowest BCUT2D eigenvalue weighted by molar-refractivity contribution is 0.249. The molecule has 1 unspecified atom stereocenters. The predicted octanol–water partition coefficient (Wildman–Crippen LogP) is 1.78. The summed E-state index contributed by atoms with van der Waals surface area (Å²) in [7, 11) is 0. The number of nitrogens with two attached hydrogens (primary N) is 1. The Morgan fingerprint density at radius 3 is 2.65 bits per heavy atom. The van der Waals surface area contributed by atoms with Crippen LogP contribution < -0.4 is 15.8 Å². The van der Waals surface area contributed by atoms with E-state index in [2.05, 4.69) is 5.32 Å². The van der Waals surface area contributed by atoms with Gasteiger partial charge in [-0.3, -0.25) is 0 Å². The van der Waals surface area contributed by atoms with Crippen LogP contribution >= 0.6 is 0 Å². The molecular weight excluding hydrogens is 212 g/mol. The number of hydrogen-bond acceptors (Lipinski definition) is 3. The zero-order valence-electron chi connectivity index (χ0n) is 10.3. The van der Waals surface area contributed by atoms with E-state index in [1.807, 2.05) is 30.3 Å². The van der Waals surface area contributed by atoms with Crippen molar-refractivity contribution in [3.05, 3.63) is 30.3 Å². The van der Waals surface area contributed by atoms with Gasteiger partial charge in [0.15, 0.2) is 0 Å². The second kappa shape index (κ2) is 6.62. The van der Waals surface area contributed by atoms with Gasteiger partial charge in [-0.15, -0.1) is 0 Å². The summed E-state index contributed by atoms with van der Waals surface area (Å²) in [6, 6.07) is 10.2. The van der Waals surface area contributed by atoms with Crippen molar-refractivity contribution in [2.75, 3.05) is 19.7 Å². The van der Waals surface area contributed by atoms with Gasteiger partial charge in [0.2, 0.25) is 0 Å². The molecule has 2 rings (SSSR count). The van der Waals surface area contributed by atoms with Gasteiger partial charge in [0, 0.05) is 6.04 Å². The molecule has 0 amide bonds. The third-order valence-electron chi connectivity index (χ3n) is 3.45. The van der Waals surface area contributed by atoms with E-state index in [9.17, 15) is 0 Å². The number of benzene rings is 1. The third kappa shape index (κ3) is 4.02. The Kier molecular flexibility index (Phi) is 4.83. The molecule has 1 fully saturated rings. The van der Waals surface area contributed by atoms with Gasteiger partial charge in [0.1, 0.15) is 5.75 Å². The highest BCUT2D eigenvalue weighted by Gasteiger charge is 2.19. The highest BCUT2D eigenvalue weighted by atomic mass is 16.5. The second-order valence-electron chi connectivity index (χ2n) is 4.70. The minimum Gasteiger partial charge on any atom is -0.494 e. The van der Waals surface area contributed by atoms with Gasteiger partial charge < -0.3 is 15.8 Å². The molecule has 0 aliphatic carbocycles. The van der Waals surface area contributed by atoms with Crippen molar-refractivity contribution >= 4 is 0 Å². The van der Waals surface area contributed by atoms with Gasteiger partial charge in [-0.1, -0.05) is 18.2 Å². The third-order valence-corrected chi connectivity index (χ3v) is 3.45. The van der Waals surface area contributed by atoms with E-state index in [1.54, 1.807) is 0 Å². The van der Waals surface area contributed by atoms with Crippen LogP contribution in [0, 0.1) is 5.92 Å². The molecule has 0 radical (unpaired) electrons. The maximum absolute atomic E-state index is 6.20. The Morgan fingerprint density at radius 1 is 1.24 bits per heavy atom. The van der Waals surface area contributed by atoms with Crippen LogP contribution in [0.2, 0.25) is 0 Å². The van der Waals surface area contributed by atoms with Gasteiger partial charge in [-0.05, 0) is 50.4 Å². The zero-order valence-corrected chi connectivity index (χ0v) is 10.3. The largest absolute Gasteiger partial charge is 0.494 e. The minimum absolute atomic E-state index is 0.279. The van der Waals surface area contributed by atoms with Gasteiger partial charge in [0.25, 0.3) is 0 Å². The van der Waals surface area contributed by atoms with E-state index in [4.69, 9.17) is 10.5 Å². The van der Waals surface area contributed by atoms with Gasteiger partial charge in [-0.2, -0.15) is 0 Å². The summed E-state index contributed by atoms with van der Waals surface area (Å²) in [6.45, 7) is 2.94. The molecular formula is C14H22N2O. The Hall–Kier alpha value is -1.06. The predicted molar refractivity (Wildman–Crippen MR) is 70.1 cm³/mol. The topological polar surface area (TPSA) is 47.3 Å². The van der Waals surface area contributed by atoms with Crippen molar-refractivity contribution in [2.24, 2.45) is 11.7 Å². The number of hydrogen-bond donors (Lipinski definition) is 2. The van der Waals surface area contributed by atoms with Crippen molar-refractivity contribution in [3.63, 3.8) is 0 Å². The molecule has 1 heterocycles. The number of nitrogens with one attached hydrogen (secondary N) is 1. The maximum Gasteiger partial charge on any atom is 0.119 e. The Morgan fingerprint density at radius 2 is 1.94 bits per heavy atom. The summed E-state index contributed by atoms with van der Waals surface area (Å²) in [5, 5.41) is 3.36. The lowest BCUT2D eigenvalue weighted by Gasteiger charge is -2.28. The van der Waals surface area contributed by atoms with E-state index in [0.29, 0.717) is 5.92 Å². The summed E-state index contributed by atoms with van der Waals surface area (Å²) in [4.78, 5) is 0. The molecule has 3 nitrogen and oxygen atoms in total. The molecule has 3 heteroatoms. The molecule has 0 spiro atoms. The van der Waals surface area contributed by atoms with Crippen LogP contribution in [-0.4, -0.2) is 25.7 Å². The molecule has 1 aliphatic rings. The van der Waals surface area contributed by atoms with Crippen LogP contribution in [0.5, 0.6) is 5.75 Å². The lowest BCUT2D eigenvalue weighted by Crippen LogP contribution is -2.39. The summed E-state index contributed by atoms with van der Waals surface area (Å²) >= 11 is 0. The molecule has 1 saturated heterocycles. The molecule has 0 bridgehead atoms. The smallest absolute Gasteiger partial charge is 0.119 e. The number of ether oxygens (including phenoxy) is 1. The first-order valence-corrected chi connectivity index (χ1v) is 6.50. The summed E-state index contributed by atoms with van der Waals surface area (Å²) < 4.78 is 5.67. The zero-order chi connectivity index (χ0) is 11.9. The summed E-state index contributed by atoms with van der Waals surface area (Å²) in [5.41, 5.74) is 6.20. The highest BCUT2D eigenvalue weighted by Crippen LogP contribution is 2.17. The molecule has 1 aliphatic heterocycles. The van der Waals surface area contributed by atoms with E-state index in [-0.39, 0.29) is 6.04 Å². The van der Waals surface area contributed by atoms with Crippen LogP contribution in [0.1, 0.15) is 19.3 Å². The normalized spacial score (nSPS) is 18.9. The maximum atomic E-state index is 6.20. The first kappa shape index (κ1) is 12.4.